The summed E-state index contributed by atoms with van der Waals surface area (Å²) in [4.78, 5) is 39.4. The molecule has 1 fully saturated rings. The average molecular weight is 545 g/mol. The van der Waals surface area contributed by atoms with Crippen LogP contribution in [0.25, 0.3) is 21.3 Å². The second-order valence-electron chi connectivity index (χ2n) is 10.9. The maximum atomic E-state index is 13.7. The predicted molar refractivity (Wildman–Crippen MR) is 141 cm³/mol. The minimum atomic E-state index is -3.11. The molecule has 38 heavy (non-hydrogen) atoms. The molecule has 0 bridgehead atoms. The number of pyridine rings is 1. The van der Waals surface area contributed by atoms with Crippen molar-refractivity contribution in [2.75, 3.05) is 0 Å². The van der Waals surface area contributed by atoms with Crippen LogP contribution in [-0.2, 0) is 11.2 Å². The van der Waals surface area contributed by atoms with E-state index in [9.17, 15) is 23.2 Å². The van der Waals surface area contributed by atoms with Crippen LogP contribution in [0.2, 0.25) is 0 Å². The molecule has 0 aliphatic heterocycles. The van der Waals surface area contributed by atoms with Crippen LogP contribution in [0.1, 0.15) is 86.3 Å². The molecule has 1 aromatic carbocycles. The van der Waals surface area contributed by atoms with Gasteiger partial charge in [-0.05, 0) is 83.6 Å². The van der Waals surface area contributed by atoms with Crippen LogP contribution in [0.15, 0.2) is 29.2 Å². The van der Waals surface area contributed by atoms with Crippen molar-refractivity contribution in [3.05, 3.63) is 50.6 Å². The molecule has 7 nitrogen and oxygen atoms in total. The molecule has 0 radical (unpaired) electrons. The molecule has 2 aliphatic rings. The quantitative estimate of drug-likeness (QED) is 0.346. The largest absolute Gasteiger partial charge is 0.444 e. The topological polar surface area (TPSA) is 86.6 Å². The molecular formula is C28H30F2N2O5S. The minimum Gasteiger partial charge on any atom is -0.444 e. The van der Waals surface area contributed by atoms with Gasteiger partial charge in [-0.3, -0.25) is 9.59 Å². The summed E-state index contributed by atoms with van der Waals surface area (Å²) >= 11 is 1.41. The minimum absolute atomic E-state index is 0.00502. The number of nitrogens with zero attached hydrogens (tertiary/aromatic N) is 1. The third kappa shape index (κ3) is 5.18. The Morgan fingerprint density at radius 1 is 1.18 bits per heavy atom. The number of carbonyl (C=O) groups is 2. The Morgan fingerprint density at radius 2 is 1.92 bits per heavy atom. The van der Waals surface area contributed by atoms with E-state index in [4.69, 9.17) is 9.47 Å². The lowest BCUT2D eigenvalue weighted by Gasteiger charge is -2.26. The number of ketones is 1. The summed E-state index contributed by atoms with van der Waals surface area (Å²) in [6.45, 7) is 3.61. The SMILES string of the molecule is CC(=O)c1cn(C2CC2)c2c(OC(F)F)c(-c3cc4c(s3)C(NC(=O)OC(C)(C)C)CCC4)ccc2c1=O. The van der Waals surface area contributed by atoms with Gasteiger partial charge in [0.1, 0.15) is 5.60 Å². The number of alkyl carbamates (subject to hydrolysis) is 1. The zero-order valence-electron chi connectivity index (χ0n) is 21.7. The van der Waals surface area contributed by atoms with Gasteiger partial charge in [-0.15, -0.1) is 11.3 Å². The summed E-state index contributed by atoms with van der Waals surface area (Å²) in [6, 6.07) is 4.90. The first-order valence-corrected chi connectivity index (χ1v) is 13.5. The van der Waals surface area contributed by atoms with Crippen molar-refractivity contribution in [1.29, 1.82) is 0 Å². The highest BCUT2D eigenvalue weighted by Crippen LogP contribution is 2.47. The number of amides is 1. The van der Waals surface area contributed by atoms with Crippen molar-refractivity contribution < 1.29 is 27.8 Å². The Bertz CT molecular complexity index is 1480. The number of alkyl halides is 2. The van der Waals surface area contributed by atoms with E-state index in [0.717, 1.165) is 42.5 Å². The molecule has 2 heterocycles. The molecule has 1 saturated carbocycles. The lowest BCUT2D eigenvalue weighted by molar-refractivity contribution is -0.0486. The Morgan fingerprint density at radius 3 is 2.55 bits per heavy atom. The smallest absolute Gasteiger partial charge is 0.408 e. The number of aryl methyl sites for hydroxylation is 1. The molecular weight excluding hydrogens is 514 g/mol. The number of Topliss-reactive ketones (excluding diaryl/α,β-unsaturated/α-hetero) is 1. The maximum absolute atomic E-state index is 13.7. The maximum Gasteiger partial charge on any atom is 0.408 e. The van der Waals surface area contributed by atoms with E-state index in [1.807, 2.05) is 6.07 Å². The highest BCUT2D eigenvalue weighted by atomic mass is 32.1. The summed E-state index contributed by atoms with van der Waals surface area (Å²) < 4.78 is 39.8. The zero-order valence-corrected chi connectivity index (χ0v) is 22.5. The molecule has 3 aromatic rings. The first-order chi connectivity index (χ1) is 17.9. The van der Waals surface area contributed by atoms with Crippen LogP contribution < -0.4 is 15.5 Å². The number of aromatic nitrogens is 1. The fourth-order valence-electron chi connectivity index (χ4n) is 4.99. The molecule has 1 unspecified atom stereocenters. The summed E-state index contributed by atoms with van der Waals surface area (Å²) in [7, 11) is 0. The molecule has 5 rings (SSSR count). The second kappa shape index (κ2) is 9.80. The van der Waals surface area contributed by atoms with Gasteiger partial charge in [-0.1, -0.05) is 0 Å². The van der Waals surface area contributed by atoms with Crippen LogP contribution in [0, 0.1) is 0 Å². The number of benzene rings is 1. The van der Waals surface area contributed by atoms with Crippen LogP contribution in [0.4, 0.5) is 13.6 Å². The highest BCUT2D eigenvalue weighted by Gasteiger charge is 2.31. The van der Waals surface area contributed by atoms with E-state index in [2.05, 4.69) is 5.32 Å². The van der Waals surface area contributed by atoms with Crippen molar-refractivity contribution in [1.82, 2.24) is 9.88 Å². The van der Waals surface area contributed by atoms with E-state index in [0.29, 0.717) is 10.4 Å². The molecule has 202 valence electrons. The van der Waals surface area contributed by atoms with Gasteiger partial charge in [0.25, 0.3) is 0 Å². The fourth-order valence-corrected chi connectivity index (χ4v) is 6.31. The summed E-state index contributed by atoms with van der Waals surface area (Å²) in [6.07, 6.45) is 5.00. The van der Waals surface area contributed by atoms with Gasteiger partial charge in [0.05, 0.1) is 22.5 Å². The zero-order chi connectivity index (χ0) is 27.4. The summed E-state index contributed by atoms with van der Waals surface area (Å²) in [5, 5.41) is 3.13. The van der Waals surface area contributed by atoms with Gasteiger partial charge in [-0.25, -0.2) is 4.79 Å². The Labute approximate surface area is 222 Å². The van der Waals surface area contributed by atoms with Gasteiger partial charge in [-0.2, -0.15) is 8.78 Å². The van der Waals surface area contributed by atoms with E-state index < -0.39 is 23.7 Å². The highest BCUT2D eigenvalue weighted by molar-refractivity contribution is 7.15. The first kappa shape index (κ1) is 26.3. The Hall–Kier alpha value is -3.27. The van der Waals surface area contributed by atoms with Crippen LogP contribution >= 0.6 is 11.3 Å². The predicted octanol–water partition coefficient (Wildman–Crippen LogP) is 6.77. The van der Waals surface area contributed by atoms with E-state index >= 15 is 0 Å². The third-order valence-corrected chi connectivity index (χ3v) is 8.05. The molecule has 10 heteroatoms. The number of carbonyl (C=O) groups excluding carboxylic acids is 2. The van der Waals surface area contributed by atoms with Crippen molar-refractivity contribution >= 4 is 34.1 Å². The van der Waals surface area contributed by atoms with Gasteiger partial charge < -0.3 is 19.4 Å². The van der Waals surface area contributed by atoms with Crippen LogP contribution in [0.3, 0.4) is 0 Å². The van der Waals surface area contributed by atoms with Crippen LogP contribution in [0.5, 0.6) is 5.75 Å². The van der Waals surface area contributed by atoms with Gasteiger partial charge >= 0.3 is 12.7 Å². The normalized spacial score (nSPS) is 17.4. The number of ether oxygens (including phenoxy) is 2. The second-order valence-corrected chi connectivity index (χ2v) is 12.0. The average Bonchev–Trinajstić information content (AvgIpc) is 3.56. The van der Waals surface area contributed by atoms with Crippen molar-refractivity contribution in [2.45, 2.75) is 84.1 Å². The lowest BCUT2D eigenvalue weighted by atomic mass is 9.94. The van der Waals surface area contributed by atoms with Gasteiger partial charge in [0.2, 0.25) is 0 Å². The number of thiophene rings is 1. The molecule has 1 amide bonds. The number of rotatable bonds is 6. The number of halogens is 2. The fraction of sp³-hybridized carbons (Fsp3) is 0.464. The molecule has 0 spiro atoms. The number of hydrogen-bond donors (Lipinski definition) is 1. The number of fused-ring (bicyclic) bond motifs is 2. The standard InChI is InChI=1S/C28H30F2N2O5S/c1-14(33)19-13-32(16-8-9-16)22-18(23(19)34)11-10-17(24(22)36-26(29)30)21-12-15-6-5-7-20(25(15)38-21)31-27(35)37-28(2,3)4/h10-13,16,20,26H,5-9H2,1-4H3,(H,31,35). The molecule has 1 N–H and O–H groups in total. The Balaban J connectivity index is 1.63. The first-order valence-electron chi connectivity index (χ1n) is 12.7. The number of nitrogens with one attached hydrogen (secondary N) is 1. The summed E-state index contributed by atoms with van der Waals surface area (Å²) in [5.41, 5.74) is 0.651. The van der Waals surface area contributed by atoms with Crippen molar-refractivity contribution in [3.8, 4) is 16.2 Å². The lowest BCUT2D eigenvalue weighted by Crippen LogP contribution is -2.35. The van der Waals surface area contributed by atoms with E-state index in [-0.39, 0.29) is 40.1 Å². The van der Waals surface area contributed by atoms with E-state index in [1.54, 1.807) is 37.5 Å². The molecule has 0 saturated heterocycles. The molecule has 1 atom stereocenters. The van der Waals surface area contributed by atoms with Gasteiger partial charge in [0, 0.05) is 27.6 Å². The monoisotopic (exact) mass is 544 g/mol. The molecule has 2 aromatic heterocycles. The Kier molecular flexibility index (Phi) is 6.79. The van der Waals surface area contributed by atoms with Crippen LogP contribution in [-0.4, -0.2) is 28.7 Å². The van der Waals surface area contributed by atoms with Crippen molar-refractivity contribution in [2.24, 2.45) is 0 Å². The van der Waals surface area contributed by atoms with Crippen molar-refractivity contribution in [3.63, 3.8) is 0 Å². The van der Waals surface area contributed by atoms with Gasteiger partial charge in [0.15, 0.2) is 17.0 Å². The summed E-state index contributed by atoms with van der Waals surface area (Å²) in [5.74, 6) is -0.451. The third-order valence-electron chi connectivity index (χ3n) is 6.73. The number of hydrogen-bond acceptors (Lipinski definition) is 6. The van der Waals surface area contributed by atoms with E-state index in [1.165, 1.54) is 24.5 Å². The molecule has 2 aliphatic carbocycles.